The second-order valence-corrected chi connectivity index (χ2v) is 13.8. The Kier molecular flexibility index (Phi) is 10.7. The molecule has 10 heteroatoms. The Morgan fingerprint density at radius 2 is 1.70 bits per heavy atom. The standard InChI is InChI=1S/C37H45N3O7/c1-9-28(35(44)47-37(5,6)7)39-33(42)26-17-24(18-27(26)34(43)40-32(21-41)36(2,3)4)46-31-20-29(22-13-11-10-12-14-22)38-30-19-23(45-8)15-16-25(30)31/h10-16,18-21,24,26,28,32H,9,17H2,1-8H3,(H,39,42)(H,40,43)/t24?,26?,28-,32?/m0/s1. The molecule has 250 valence electrons. The number of nitrogens with one attached hydrogen (secondary N) is 2. The van der Waals surface area contributed by atoms with Gasteiger partial charge in [-0.1, -0.05) is 58.0 Å². The Bertz CT molecular complexity index is 1650. The van der Waals surface area contributed by atoms with Gasteiger partial charge in [-0.2, -0.15) is 0 Å². The fourth-order valence-corrected chi connectivity index (χ4v) is 5.28. The third-order valence-corrected chi connectivity index (χ3v) is 7.89. The molecule has 0 spiro atoms. The van der Waals surface area contributed by atoms with Crippen molar-refractivity contribution in [3.63, 3.8) is 0 Å². The Hall–Kier alpha value is -4.73. The molecule has 0 saturated heterocycles. The maximum Gasteiger partial charge on any atom is 0.329 e. The van der Waals surface area contributed by atoms with Crippen LogP contribution in [0.3, 0.4) is 0 Å². The number of carbonyl (C=O) groups is 4. The number of ether oxygens (including phenoxy) is 3. The highest BCUT2D eigenvalue weighted by molar-refractivity contribution is 6.02. The number of pyridine rings is 1. The van der Waals surface area contributed by atoms with Crippen LogP contribution >= 0.6 is 0 Å². The summed E-state index contributed by atoms with van der Waals surface area (Å²) in [5.74, 6) is -1.43. The maximum absolute atomic E-state index is 13.8. The molecular weight excluding hydrogens is 598 g/mol. The van der Waals surface area contributed by atoms with Crippen LogP contribution < -0.4 is 20.1 Å². The summed E-state index contributed by atoms with van der Waals surface area (Å²) < 4.78 is 17.5. The summed E-state index contributed by atoms with van der Waals surface area (Å²) in [7, 11) is 1.58. The number of nitrogens with zero attached hydrogens (tertiary/aromatic N) is 1. The van der Waals surface area contributed by atoms with Crippen molar-refractivity contribution in [1.29, 1.82) is 0 Å². The molecular formula is C37H45N3O7. The number of fused-ring (bicyclic) bond motifs is 1. The van der Waals surface area contributed by atoms with Crippen molar-refractivity contribution >= 4 is 35.0 Å². The Morgan fingerprint density at radius 1 is 1.00 bits per heavy atom. The Labute approximate surface area is 276 Å². The number of carbonyl (C=O) groups excluding carboxylic acids is 4. The zero-order valence-corrected chi connectivity index (χ0v) is 28.4. The molecule has 4 atom stereocenters. The van der Waals surface area contributed by atoms with Gasteiger partial charge in [-0.05, 0) is 50.8 Å². The molecule has 0 saturated carbocycles. The quantitative estimate of drug-likeness (QED) is 0.205. The number of hydrogen-bond donors (Lipinski definition) is 2. The predicted octanol–water partition coefficient (Wildman–Crippen LogP) is 5.57. The lowest BCUT2D eigenvalue weighted by Crippen LogP contribution is -2.48. The smallest absolute Gasteiger partial charge is 0.329 e. The number of methoxy groups -OCH3 is 1. The molecule has 1 aliphatic carbocycles. The maximum atomic E-state index is 13.8. The average Bonchev–Trinajstić information content (AvgIpc) is 3.44. The summed E-state index contributed by atoms with van der Waals surface area (Å²) in [4.78, 5) is 57.1. The molecule has 2 aromatic carbocycles. The lowest BCUT2D eigenvalue weighted by molar-refractivity contribution is -0.159. The number of aldehydes is 1. The second kappa shape index (κ2) is 14.4. The molecule has 47 heavy (non-hydrogen) atoms. The number of esters is 1. The summed E-state index contributed by atoms with van der Waals surface area (Å²) in [5, 5.41) is 6.30. The molecule has 1 aromatic heterocycles. The van der Waals surface area contributed by atoms with E-state index in [4.69, 9.17) is 19.2 Å². The summed E-state index contributed by atoms with van der Waals surface area (Å²) in [6.45, 7) is 12.5. The Balaban J connectivity index is 1.70. The number of amides is 2. The monoisotopic (exact) mass is 643 g/mol. The first-order valence-corrected chi connectivity index (χ1v) is 15.9. The highest BCUT2D eigenvalue weighted by Gasteiger charge is 2.40. The molecule has 3 aromatic rings. The summed E-state index contributed by atoms with van der Waals surface area (Å²) in [5.41, 5.74) is 1.08. The minimum Gasteiger partial charge on any atom is -0.497 e. The molecule has 0 fully saturated rings. The molecule has 2 N–H and O–H groups in total. The number of benzene rings is 2. The van der Waals surface area contributed by atoms with Gasteiger partial charge in [0, 0.05) is 35.1 Å². The van der Waals surface area contributed by atoms with Gasteiger partial charge in [0.15, 0.2) is 0 Å². The molecule has 3 unspecified atom stereocenters. The zero-order valence-electron chi connectivity index (χ0n) is 28.4. The van der Waals surface area contributed by atoms with Crippen LogP contribution in [0, 0.1) is 11.3 Å². The molecule has 10 nitrogen and oxygen atoms in total. The van der Waals surface area contributed by atoms with E-state index in [-0.39, 0.29) is 12.0 Å². The van der Waals surface area contributed by atoms with E-state index in [1.54, 1.807) is 40.9 Å². The van der Waals surface area contributed by atoms with Crippen molar-refractivity contribution in [2.75, 3.05) is 7.11 Å². The average molecular weight is 644 g/mol. The molecule has 0 bridgehead atoms. The molecule has 0 aliphatic heterocycles. The summed E-state index contributed by atoms with van der Waals surface area (Å²) in [6.07, 6.45) is 2.05. The molecule has 1 heterocycles. The van der Waals surface area contributed by atoms with Gasteiger partial charge in [0.25, 0.3) is 0 Å². The van der Waals surface area contributed by atoms with Crippen LogP contribution in [-0.2, 0) is 23.9 Å². The second-order valence-electron chi connectivity index (χ2n) is 13.8. The summed E-state index contributed by atoms with van der Waals surface area (Å²) >= 11 is 0. The van der Waals surface area contributed by atoms with Crippen LogP contribution in [0.15, 0.2) is 66.2 Å². The van der Waals surface area contributed by atoms with Gasteiger partial charge in [-0.25, -0.2) is 9.78 Å². The Morgan fingerprint density at radius 3 is 2.30 bits per heavy atom. The zero-order chi connectivity index (χ0) is 34.5. The van der Waals surface area contributed by atoms with Crippen LogP contribution in [-0.4, -0.2) is 60.0 Å². The number of aromatic nitrogens is 1. The first-order chi connectivity index (χ1) is 22.1. The third kappa shape index (κ3) is 8.75. The third-order valence-electron chi connectivity index (χ3n) is 7.89. The van der Waals surface area contributed by atoms with Crippen LogP contribution in [0.4, 0.5) is 0 Å². The van der Waals surface area contributed by atoms with Crippen LogP contribution in [0.2, 0.25) is 0 Å². The van der Waals surface area contributed by atoms with E-state index >= 15 is 0 Å². The van der Waals surface area contributed by atoms with Crippen molar-refractivity contribution < 1.29 is 33.4 Å². The van der Waals surface area contributed by atoms with Gasteiger partial charge < -0.3 is 29.6 Å². The summed E-state index contributed by atoms with van der Waals surface area (Å²) in [6, 6.07) is 15.3. The van der Waals surface area contributed by atoms with Gasteiger partial charge in [0.05, 0.1) is 30.3 Å². The van der Waals surface area contributed by atoms with Crippen molar-refractivity contribution in [3.05, 3.63) is 66.2 Å². The van der Waals surface area contributed by atoms with Gasteiger partial charge in [-0.3, -0.25) is 9.59 Å². The lowest BCUT2D eigenvalue weighted by Gasteiger charge is -2.28. The number of hydrogen-bond acceptors (Lipinski definition) is 8. The van der Waals surface area contributed by atoms with E-state index in [1.807, 2.05) is 75.4 Å². The molecule has 1 aliphatic rings. The highest BCUT2D eigenvalue weighted by atomic mass is 16.6. The highest BCUT2D eigenvalue weighted by Crippen LogP contribution is 2.36. The minimum absolute atomic E-state index is 0.126. The molecule has 2 amide bonds. The van der Waals surface area contributed by atoms with Crippen molar-refractivity contribution in [1.82, 2.24) is 15.6 Å². The fraction of sp³-hybridized carbons (Fsp3) is 0.432. The first kappa shape index (κ1) is 35.1. The van der Waals surface area contributed by atoms with E-state index in [0.717, 1.165) is 10.9 Å². The van der Waals surface area contributed by atoms with Crippen molar-refractivity contribution in [2.24, 2.45) is 11.3 Å². The van der Waals surface area contributed by atoms with Gasteiger partial charge >= 0.3 is 5.97 Å². The SMILES string of the molecule is CC[C@H](NC(=O)C1CC(Oc2cc(-c3ccccc3)nc3cc(OC)ccc23)C=C1C(=O)NC(C=O)C(C)(C)C)C(=O)OC(C)(C)C. The van der Waals surface area contributed by atoms with E-state index in [2.05, 4.69) is 10.6 Å². The minimum atomic E-state index is -0.953. The van der Waals surface area contributed by atoms with E-state index < -0.39 is 52.9 Å². The van der Waals surface area contributed by atoms with Gasteiger partial charge in [0.2, 0.25) is 11.8 Å². The van der Waals surface area contributed by atoms with Crippen molar-refractivity contribution in [2.45, 2.75) is 85.1 Å². The topological polar surface area (TPSA) is 133 Å². The first-order valence-electron chi connectivity index (χ1n) is 15.9. The van der Waals surface area contributed by atoms with Crippen LogP contribution in [0.5, 0.6) is 11.5 Å². The molecule has 4 rings (SSSR count). The van der Waals surface area contributed by atoms with Crippen LogP contribution in [0.25, 0.3) is 22.2 Å². The van der Waals surface area contributed by atoms with E-state index in [0.29, 0.717) is 35.4 Å². The van der Waals surface area contributed by atoms with Gasteiger partial charge in [-0.15, -0.1) is 0 Å². The fourth-order valence-electron chi connectivity index (χ4n) is 5.28. The molecule has 0 radical (unpaired) electrons. The number of rotatable bonds is 11. The van der Waals surface area contributed by atoms with Crippen LogP contribution in [0.1, 0.15) is 61.3 Å². The van der Waals surface area contributed by atoms with Gasteiger partial charge in [0.1, 0.15) is 35.5 Å². The predicted molar refractivity (Wildman–Crippen MR) is 180 cm³/mol. The van der Waals surface area contributed by atoms with Crippen molar-refractivity contribution in [3.8, 4) is 22.8 Å². The largest absolute Gasteiger partial charge is 0.497 e. The van der Waals surface area contributed by atoms with E-state index in [1.165, 1.54) is 0 Å². The lowest BCUT2D eigenvalue weighted by atomic mass is 9.87. The van der Waals surface area contributed by atoms with E-state index in [9.17, 15) is 19.2 Å². The normalized spacial score (nSPS) is 17.7.